The van der Waals surface area contributed by atoms with Crippen LogP contribution in [0.25, 0.3) is 0 Å². The normalized spacial score (nSPS) is 14.7. The van der Waals surface area contributed by atoms with Crippen LogP contribution in [0.5, 0.6) is 0 Å². The van der Waals surface area contributed by atoms with Gasteiger partial charge in [-0.3, -0.25) is 13.9 Å². The average molecular weight is 604 g/mol. The van der Waals surface area contributed by atoms with Gasteiger partial charge in [0.25, 0.3) is 10.0 Å². The zero-order valence-corrected chi connectivity index (χ0v) is 24.2. The first kappa shape index (κ1) is 30.5. The lowest BCUT2D eigenvalue weighted by molar-refractivity contribution is -0.139. The number of nitrogens with zero attached hydrogens (tertiary/aromatic N) is 2. The van der Waals surface area contributed by atoms with Crippen LogP contribution >= 0.6 is 11.6 Å². The number of sulfonamides is 1. The van der Waals surface area contributed by atoms with Gasteiger partial charge in [0, 0.05) is 12.6 Å². The molecular weight excluding hydrogens is 572 g/mol. The highest BCUT2D eigenvalue weighted by molar-refractivity contribution is 7.92. The van der Waals surface area contributed by atoms with E-state index in [0.29, 0.717) is 5.56 Å². The van der Waals surface area contributed by atoms with Gasteiger partial charge in [0.05, 0.1) is 15.6 Å². The third-order valence-electron chi connectivity index (χ3n) is 7.19. The lowest BCUT2D eigenvalue weighted by Gasteiger charge is -2.33. The van der Waals surface area contributed by atoms with Crippen molar-refractivity contribution in [2.75, 3.05) is 10.8 Å². The molecule has 1 N–H and O–H groups in total. The molecule has 0 bridgehead atoms. The monoisotopic (exact) mass is 603 g/mol. The molecule has 1 aliphatic carbocycles. The molecule has 1 saturated carbocycles. The van der Waals surface area contributed by atoms with Crippen LogP contribution in [0.4, 0.5) is 14.5 Å². The van der Waals surface area contributed by atoms with Gasteiger partial charge in [-0.2, -0.15) is 0 Å². The van der Waals surface area contributed by atoms with E-state index >= 15 is 0 Å². The number of rotatable bonds is 10. The first-order valence-electron chi connectivity index (χ1n) is 13.4. The molecule has 0 spiro atoms. The number of hydrogen-bond donors (Lipinski definition) is 1. The van der Waals surface area contributed by atoms with Crippen molar-refractivity contribution in [2.24, 2.45) is 0 Å². The van der Waals surface area contributed by atoms with Crippen molar-refractivity contribution in [2.45, 2.75) is 62.6 Å². The smallest absolute Gasteiger partial charge is 0.264 e. The molecule has 1 atom stereocenters. The first-order chi connectivity index (χ1) is 19.6. The van der Waals surface area contributed by atoms with Crippen molar-refractivity contribution >= 4 is 39.1 Å². The number of benzene rings is 3. The van der Waals surface area contributed by atoms with Crippen LogP contribution < -0.4 is 9.62 Å². The molecule has 11 heteroatoms. The quantitative estimate of drug-likeness (QED) is 0.323. The molecular formula is C30H32ClF2N3O4S. The Morgan fingerprint density at radius 1 is 0.976 bits per heavy atom. The number of halogens is 3. The summed E-state index contributed by atoms with van der Waals surface area (Å²) in [7, 11) is -4.30. The summed E-state index contributed by atoms with van der Waals surface area (Å²) in [4.78, 5) is 28.4. The van der Waals surface area contributed by atoms with Crippen LogP contribution in [0.3, 0.4) is 0 Å². The van der Waals surface area contributed by atoms with Gasteiger partial charge in [-0.15, -0.1) is 0 Å². The maximum atomic E-state index is 14.0. The van der Waals surface area contributed by atoms with Crippen LogP contribution in [-0.2, 0) is 26.2 Å². The van der Waals surface area contributed by atoms with E-state index in [1.165, 1.54) is 47.4 Å². The summed E-state index contributed by atoms with van der Waals surface area (Å²) in [6.45, 7) is 0.813. The predicted molar refractivity (Wildman–Crippen MR) is 154 cm³/mol. The summed E-state index contributed by atoms with van der Waals surface area (Å²) in [5, 5.41) is 2.71. The number of carbonyl (C=O) groups excluding carboxylic acids is 2. The molecule has 41 heavy (non-hydrogen) atoms. The standard InChI is InChI=1S/C30H32ClF2N3O4S/c1-21(30(38)34-24-8-4-2-5-9-24)35(19-22-12-14-23(32)15-13-22)29(37)20-36(25-16-17-28(33)27(31)18-25)41(39,40)26-10-6-3-7-11-26/h3,6-7,10-18,21,24H,2,4-5,8-9,19-20H2,1H3,(H,34,38). The summed E-state index contributed by atoms with van der Waals surface area (Å²) in [6, 6.07) is 15.4. The number of anilines is 1. The van der Waals surface area contributed by atoms with E-state index in [9.17, 15) is 26.8 Å². The van der Waals surface area contributed by atoms with Crippen molar-refractivity contribution in [3.63, 3.8) is 0 Å². The van der Waals surface area contributed by atoms with Crippen molar-refractivity contribution in [1.29, 1.82) is 0 Å². The maximum absolute atomic E-state index is 14.0. The van der Waals surface area contributed by atoms with E-state index in [1.807, 2.05) is 0 Å². The Morgan fingerprint density at radius 2 is 1.63 bits per heavy atom. The predicted octanol–water partition coefficient (Wildman–Crippen LogP) is 5.68. The Kier molecular flexibility index (Phi) is 9.99. The molecule has 2 amide bonds. The van der Waals surface area contributed by atoms with E-state index < -0.39 is 40.2 Å². The molecule has 1 unspecified atom stereocenters. The highest BCUT2D eigenvalue weighted by atomic mass is 35.5. The van der Waals surface area contributed by atoms with E-state index in [-0.39, 0.29) is 34.1 Å². The van der Waals surface area contributed by atoms with Crippen LogP contribution in [-0.4, -0.2) is 43.8 Å². The highest BCUT2D eigenvalue weighted by Gasteiger charge is 2.33. The van der Waals surface area contributed by atoms with Crippen LogP contribution in [0.15, 0.2) is 77.7 Å². The lowest BCUT2D eigenvalue weighted by Crippen LogP contribution is -2.53. The average Bonchev–Trinajstić information content (AvgIpc) is 2.97. The van der Waals surface area contributed by atoms with Gasteiger partial charge >= 0.3 is 0 Å². The minimum atomic E-state index is -4.30. The summed E-state index contributed by atoms with van der Waals surface area (Å²) < 4.78 is 55.9. The minimum absolute atomic E-state index is 0.00205. The summed E-state index contributed by atoms with van der Waals surface area (Å²) >= 11 is 5.98. The second kappa shape index (κ2) is 13.4. The van der Waals surface area contributed by atoms with Crippen LogP contribution in [0, 0.1) is 11.6 Å². The number of nitrogens with one attached hydrogen (secondary N) is 1. The van der Waals surface area contributed by atoms with Gasteiger partial charge in [0.2, 0.25) is 11.8 Å². The second-order valence-corrected chi connectivity index (χ2v) is 12.4. The largest absolute Gasteiger partial charge is 0.352 e. The zero-order valence-electron chi connectivity index (χ0n) is 22.6. The summed E-state index contributed by atoms with van der Waals surface area (Å²) in [5.41, 5.74) is 0.536. The van der Waals surface area contributed by atoms with Gasteiger partial charge < -0.3 is 10.2 Å². The molecule has 3 aromatic carbocycles. The zero-order chi connectivity index (χ0) is 29.6. The summed E-state index contributed by atoms with van der Waals surface area (Å²) in [6.07, 6.45) is 4.81. The Balaban J connectivity index is 1.68. The van der Waals surface area contributed by atoms with Crippen LogP contribution in [0.2, 0.25) is 5.02 Å². The third kappa shape index (κ3) is 7.62. The summed E-state index contributed by atoms with van der Waals surface area (Å²) in [5.74, 6) is -2.25. The molecule has 7 nitrogen and oxygen atoms in total. The first-order valence-corrected chi connectivity index (χ1v) is 15.2. The van der Waals surface area contributed by atoms with Gasteiger partial charge in [-0.1, -0.05) is 61.2 Å². The van der Waals surface area contributed by atoms with Gasteiger partial charge in [0.1, 0.15) is 24.2 Å². The van der Waals surface area contributed by atoms with Gasteiger partial charge in [-0.05, 0) is 67.8 Å². The molecule has 4 rings (SSSR count). The second-order valence-electron chi connectivity index (χ2n) is 10.1. The Labute approximate surface area is 244 Å². The number of amides is 2. The molecule has 0 aromatic heterocycles. The maximum Gasteiger partial charge on any atom is 0.264 e. The molecule has 0 aliphatic heterocycles. The van der Waals surface area contributed by atoms with Crippen LogP contribution in [0.1, 0.15) is 44.6 Å². The van der Waals surface area contributed by atoms with Gasteiger partial charge in [0.15, 0.2) is 0 Å². The van der Waals surface area contributed by atoms with E-state index in [2.05, 4.69) is 5.32 Å². The van der Waals surface area contributed by atoms with E-state index in [1.54, 1.807) is 25.1 Å². The Bertz CT molecular complexity index is 1470. The van der Waals surface area contributed by atoms with Gasteiger partial charge in [-0.25, -0.2) is 17.2 Å². The topological polar surface area (TPSA) is 86.8 Å². The highest BCUT2D eigenvalue weighted by Crippen LogP contribution is 2.28. The van der Waals surface area contributed by atoms with Crippen molar-refractivity contribution in [3.8, 4) is 0 Å². The van der Waals surface area contributed by atoms with E-state index in [4.69, 9.17) is 11.6 Å². The fraction of sp³-hybridized carbons (Fsp3) is 0.333. The molecule has 0 saturated heterocycles. The molecule has 1 aliphatic rings. The van der Waals surface area contributed by atoms with Crippen molar-refractivity contribution in [1.82, 2.24) is 10.2 Å². The molecule has 1 fully saturated rings. The molecule has 0 radical (unpaired) electrons. The molecule has 0 heterocycles. The lowest BCUT2D eigenvalue weighted by atomic mass is 9.95. The minimum Gasteiger partial charge on any atom is -0.352 e. The number of carbonyl (C=O) groups is 2. The molecule has 3 aromatic rings. The Morgan fingerprint density at radius 3 is 2.27 bits per heavy atom. The fourth-order valence-corrected chi connectivity index (χ4v) is 6.43. The van der Waals surface area contributed by atoms with E-state index in [0.717, 1.165) is 48.5 Å². The fourth-order valence-electron chi connectivity index (χ4n) is 4.83. The SMILES string of the molecule is CC(C(=O)NC1CCCCC1)N(Cc1ccc(F)cc1)C(=O)CN(c1ccc(F)c(Cl)c1)S(=O)(=O)c1ccccc1. The number of hydrogen-bond acceptors (Lipinski definition) is 4. The van der Waals surface area contributed by atoms with Crippen molar-refractivity contribution < 1.29 is 26.8 Å². The third-order valence-corrected chi connectivity index (χ3v) is 9.26. The molecule has 218 valence electrons. The van der Waals surface area contributed by atoms with Crippen molar-refractivity contribution in [3.05, 3.63) is 95.0 Å². The Hall–Kier alpha value is -3.50.